The SMILES string of the molecule is CCOc1cccc(-c2cc(F)c(NC(=O)c3cscc3C(=O)N=O)c(F)c2)c1. The van der Waals surface area contributed by atoms with E-state index in [1.165, 1.54) is 10.8 Å². The average molecular weight is 416 g/mol. The molecule has 1 aromatic heterocycles. The lowest BCUT2D eigenvalue weighted by Gasteiger charge is -2.11. The molecule has 1 N–H and O–H groups in total. The molecule has 0 saturated carbocycles. The molecule has 0 spiro atoms. The Labute approximate surface area is 168 Å². The molecule has 0 bridgehead atoms. The molecule has 0 aliphatic carbocycles. The third-order valence-corrected chi connectivity index (χ3v) is 4.72. The Morgan fingerprint density at radius 2 is 1.76 bits per heavy atom. The van der Waals surface area contributed by atoms with E-state index >= 15 is 0 Å². The zero-order chi connectivity index (χ0) is 21.0. The van der Waals surface area contributed by atoms with Crippen LogP contribution in [0.3, 0.4) is 0 Å². The Bertz CT molecular complexity index is 1070. The molecule has 0 aliphatic rings. The zero-order valence-corrected chi connectivity index (χ0v) is 15.9. The van der Waals surface area contributed by atoms with Crippen molar-refractivity contribution in [1.29, 1.82) is 0 Å². The van der Waals surface area contributed by atoms with Crippen LogP contribution in [0.2, 0.25) is 0 Å². The van der Waals surface area contributed by atoms with E-state index < -0.39 is 29.1 Å². The van der Waals surface area contributed by atoms with Crippen molar-refractivity contribution in [3.8, 4) is 16.9 Å². The van der Waals surface area contributed by atoms with E-state index in [0.717, 1.165) is 23.5 Å². The zero-order valence-electron chi connectivity index (χ0n) is 15.1. The average Bonchev–Trinajstić information content (AvgIpc) is 3.20. The highest BCUT2D eigenvalue weighted by Gasteiger charge is 2.22. The van der Waals surface area contributed by atoms with E-state index in [9.17, 15) is 23.3 Å². The summed E-state index contributed by atoms with van der Waals surface area (Å²) in [5.74, 6) is -3.50. The maximum atomic E-state index is 14.6. The first-order valence-corrected chi connectivity index (χ1v) is 9.36. The third-order valence-electron chi connectivity index (χ3n) is 3.98. The van der Waals surface area contributed by atoms with Crippen molar-refractivity contribution in [2.45, 2.75) is 6.92 Å². The second kappa shape index (κ2) is 8.70. The van der Waals surface area contributed by atoms with Gasteiger partial charge < -0.3 is 10.1 Å². The maximum absolute atomic E-state index is 14.6. The number of halogens is 2. The molecule has 148 valence electrons. The fraction of sp³-hybridized carbons (Fsp3) is 0.100. The fourth-order valence-corrected chi connectivity index (χ4v) is 3.46. The van der Waals surface area contributed by atoms with Gasteiger partial charge in [-0.3, -0.25) is 9.59 Å². The van der Waals surface area contributed by atoms with Crippen LogP contribution < -0.4 is 10.1 Å². The van der Waals surface area contributed by atoms with Gasteiger partial charge in [-0.05, 0) is 42.3 Å². The van der Waals surface area contributed by atoms with Crippen molar-refractivity contribution >= 4 is 28.8 Å². The van der Waals surface area contributed by atoms with Crippen molar-refractivity contribution in [2.24, 2.45) is 5.18 Å². The van der Waals surface area contributed by atoms with Gasteiger partial charge in [-0.2, -0.15) is 11.3 Å². The summed E-state index contributed by atoms with van der Waals surface area (Å²) in [4.78, 5) is 34.2. The summed E-state index contributed by atoms with van der Waals surface area (Å²) < 4.78 is 34.5. The highest BCUT2D eigenvalue weighted by molar-refractivity contribution is 7.08. The number of hydrogen-bond acceptors (Lipinski definition) is 5. The van der Waals surface area contributed by atoms with Gasteiger partial charge in [0.25, 0.3) is 5.91 Å². The maximum Gasteiger partial charge on any atom is 0.318 e. The van der Waals surface area contributed by atoms with Gasteiger partial charge in [0.15, 0.2) is 0 Å². The van der Waals surface area contributed by atoms with E-state index in [-0.39, 0.29) is 16.7 Å². The molecule has 0 radical (unpaired) electrons. The molecular weight excluding hydrogens is 402 g/mol. The normalized spacial score (nSPS) is 10.4. The molecule has 2 aromatic carbocycles. The number of nitrogens with zero attached hydrogens (tertiary/aromatic N) is 1. The van der Waals surface area contributed by atoms with Gasteiger partial charge >= 0.3 is 5.91 Å². The van der Waals surface area contributed by atoms with E-state index in [1.807, 2.05) is 6.92 Å². The lowest BCUT2D eigenvalue weighted by molar-refractivity contribution is 0.0978. The van der Waals surface area contributed by atoms with Gasteiger partial charge in [-0.1, -0.05) is 12.1 Å². The monoisotopic (exact) mass is 416 g/mol. The summed E-state index contributed by atoms with van der Waals surface area (Å²) in [5.41, 5.74) is -0.284. The van der Waals surface area contributed by atoms with Crippen LogP contribution in [0.25, 0.3) is 11.1 Å². The fourth-order valence-electron chi connectivity index (χ4n) is 2.66. The number of nitrogens with one attached hydrogen (secondary N) is 1. The molecule has 3 aromatic rings. The molecule has 29 heavy (non-hydrogen) atoms. The third kappa shape index (κ3) is 4.35. The van der Waals surface area contributed by atoms with Crippen LogP contribution in [-0.2, 0) is 0 Å². The first-order chi connectivity index (χ1) is 13.9. The minimum atomic E-state index is -1.14. The standard InChI is InChI=1S/C20H14F2N2O4S/c1-2-28-13-5-3-4-11(6-13)12-7-16(21)18(17(22)8-12)23-19(25)14-9-29-10-15(14)20(26)24-27/h3-10H,2H2,1H3,(H,23,25). The summed E-state index contributed by atoms with van der Waals surface area (Å²) in [7, 11) is 0. The predicted molar refractivity (Wildman–Crippen MR) is 105 cm³/mol. The summed E-state index contributed by atoms with van der Waals surface area (Å²) in [6.07, 6.45) is 0. The number of rotatable bonds is 6. The molecule has 0 unspecified atom stereocenters. The van der Waals surface area contributed by atoms with Crippen molar-refractivity contribution < 1.29 is 23.1 Å². The van der Waals surface area contributed by atoms with Crippen LogP contribution in [0, 0.1) is 16.5 Å². The number of carbonyl (C=O) groups is 2. The van der Waals surface area contributed by atoms with Gasteiger partial charge in [-0.15, -0.1) is 4.91 Å². The van der Waals surface area contributed by atoms with E-state index in [1.54, 1.807) is 24.3 Å². The van der Waals surface area contributed by atoms with E-state index in [0.29, 0.717) is 17.9 Å². The number of anilines is 1. The van der Waals surface area contributed by atoms with Gasteiger partial charge in [0.2, 0.25) is 0 Å². The van der Waals surface area contributed by atoms with E-state index in [4.69, 9.17) is 4.74 Å². The largest absolute Gasteiger partial charge is 0.494 e. The Kier molecular flexibility index (Phi) is 6.08. The molecule has 2 amide bonds. The smallest absolute Gasteiger partial charge is 0.318 e. The number of hydrogen-bond donors (Lipinski definition) is 1. The summed E-state index contributed by atoms with van der Waals surface area (Å²) in [6.45, 7) is 2.27. The second-order valence-electron chi connectivity index (χ2n) is 5.83. The van der Waals surface area contributed by atoms with Gasteiger partial charge in [0, 0.05) is 15.9 Å². The Hall–Kier alpha value is -3.46. The summed E-state index contributed by atoms with van der Waals surface area (Å²) >= 11 is 0.982. The molecule has 9 heteroatoms. The van der Waals surface area contributed by atoms with Crippen LogP contribution >= 0.6 is 11.3 Å². The van der Waals surface area contributed by atoms with Crippen molar-refractivity contribution in [1.82, 2.24) is 0 Å². The number of amides is 2. The van der Waals surface area contributed by atoms with Gasteiger partial charge in [-0.25, -0.2) is 8.78 Å². The molecular formula is C20H14F2N2O4S. The minimum Gasteiger partial charge on any atom is -0.494 e. The summed E-state index contributed by atoms with van der Waals surface area (Å²) in [6, 6.07) is 8.90. The second-order valence-corrected chi connectivity index (χ2v) is 6.57. The van der Waals surface area contributed by atoms with Crippen LogP contribution in [-0.4, -0.2) is 18.4 Å². The van der Waals surface area contributed by atoms with Gasteiger partial charge in [0.05, 0.1) is 17.7 Å². The van der Waals surface area contributed by atoms with Crippen molar-refractivity contribution in [3.63, 3.8) is 0 Å². The highest BCUT2D eigenvalue weighted by atomic mass is 32.1. The molecule has 0 aliphatic heterocycles. The quantitative estimate of drug-likeness (QED) is 0.556. The molecule has 6 nitrogen and oxygen atoms in total. The number of benzene rings is 2. The molecule has 0 atom stereocenters. The number of ether oxygens (including phenoxy) is 1. The minimum absolute atomic E-state index is 0.188. The van der Waals surface area contributed by atoms with Crippen LogP contribution in [0.5, 0.6) is 5.75 Å². The number of nitroso groups, excluding NO2 is 1. The highest BCUT2D eigenvalue weighted by Crippen LogP contribution is 2.30. The Morgan fingerprint density at radius 3 is 2.41 bits per heavy atom. The van der Waals surface area contributed by atoms with Crippen LogP contribution in [0.1, 0.15) is 27.6 Å². The first kappa shape index (κ1) is 20.3. The van der Waals surface area contributed by atoms with Crippen molar-refractivity contribution in [2.75, 3.05) is 11.9 Å². The molecule has 1 heterocycles. The predicted octanol–water partition coefficient (Wildman–Crippen LogP) is 5.25. The summed E-state index contributed by atoms with van der Waals surface area (Å²) in [5, 5.41) is 6.92. The lowest BCUT2D eigenvalue weighted by Crippen LogP contribution is -2.16. The topological polar surface area (TPSA) is 84.8 Å². The Morgan fingerprint density at radius 1 is 1.07 bits per heavy atom. The number of carbonyl (C=O) groups excluding carboxylic acids is 2. The van der Waals surface area contributed by atoms with Crippen molar-refractivity contribution in [3.05, 3.63) is 74.8 Å². The van der Waals surface area contributed by atoms with Gasteiger partial charge in [0.1, 0.15) is 23.1 Å². The van der Waals surface area contributed by atoms with Crippen LogP contribution in [0.15, 0.2) is 52.3 Å². The number of thiophene rings is 1. The molecule has 0 saturated heterocycles. The molecule has 0 fully saturated rings. The van der Waals surface area contributed by atoms with E-state index in [2.05, 4.69) is 10.5 Å². The molecule has 3 rings (SSSR count). The lowest BCUT2D eigenvalue weighted by atomic mass is 10.0. The Balaban J connectivity index is 1.90. The first-order valence-electron chi connectivity index (χ1n) is 8.42. The van der Waals surface area contributed by atoms with Crippen LogP contribution in [0.4, 0.5) is 14.5 Å².